The Labute approximate surface area is 179 Å². The van der Waals surface area contributed by atoms with E-state index >= 15 is 0 Å². The number of nitriles is 1. The predicted molar refractivity (Wildman–Crippen MR) is 122 cm³/mol. The Morgan fingerprint density at radius 1 is 1.17 bits per heavy atom. The van der Waals surface area contributed by atoms with Gasteiger partial charge in [0.1, 0.15) is 5.60 Å². The van der Waals surface area contributed by atoms with Gasteiger partial charge in [0.05, 0.1) is 17.1 Å². The molecule has 0 aliphatic rings. The summed E-state index contributed by atoms with van der Waals surface area (Å²) in [4.78, 5) is 3.63. The fourth-order valence-corrected chi connectivity index (χ4v) is 4.06. The molecule has 158 valence electrons. The van der Waals surface area contributed by atoms with Gasteiger partial charge in [0.25, 0.3) is 0 Å². The molecular weight excluding hydrogens is 372 g/mol. The molecule has 1 aromatic heterocycles. The highest BCUT2D eigenvalue weighted by atomic mass is 16.5. The van der Waals surface area contributed by atoms with Crippen LogP contribution in [0.1, 0.15) is 69.7 Å². The second-order valence-corrected chi connectivity index (χ2v) is 8.23. The Bertz CT molecular complexity index is 1040. The van der Waals surface area contributed by atoms with Gasteiger partial charge in [-0.1, -0.05) is 39.8 Å². The average Bonchev–Trinajstić information content (AvgIpc) is 3.20. The Morgan fingerprint density at radius 2 is 1.97 bits per heavy atom. The van der Waals surface area contributed by atoms with E-state index in [0.717, 1.165) is 40.6 Å². The van der Waals surface area contributed by atoms with Crippen LogP contribution in [0, 0.1) is 11.3 Å². The topological polar surface area (TPSA) is 69.0 Å². The minimum Gasteiger partial charge on any atom is -0.396 e. The summed E-state index contributed by atoms with van der Waals surface area (Å²) in [6.07, 6.45) is 2.25. The number of aromatic nitrogens is 1. The maximum atomic E-state index is 9.75. The maximum absolute atomic E-state index is 9.75. The zero-order chi connectivity index (χ0) is 21.7. The molecule has 0 saturated carbocycles. The van der Waals surface area contributed by atoms with Gasteiger partial charge in [-0.15, -0.1) is 0 Å². The Kier molecular flexibility index (Phi) is 6.97. The number of benzene rings is 2. The van der Waals surface area contributed by atoms with Crippen molar-refractivity contribution in [2.24, 2.45) is 0 Å². The average molecular weight is 405 g/mol. The van der Waals surface area contributed by atoms with E-state index in [1.807, 2.05) is 18.2 Å². The highest BCUT2D eigenvalue weighted by Crippen LogP contribution is 2.39. The van der Waals surface area contributed by atoms with Gasteiger partial charge in [0, 0.05) is 36.3 Å². The number of aliphatic hydroxyl groups excluding tert-OH is 1. The van der Waals surface area contributed by atoms with Crippen LogP contribution in [0.15, 0.2) is 42.5 Å². The molecule has 4 nitrogen and oxygen atoms in total. The Balaban J connectivity index is 2.24. The van der Waals surface area contributed by atoms with E-state index in [0.29, 0.717) is 24.5 Å². The van der Waals surface area contributed by atoms with Crippen LogP contribution in [0.25, 0.3) is 22.0 Å². The highest BCUT2D eigenvalue weighted by molar-refractivity contribution is 5.96. The molecular formula is C26H32N2O2. The first-order valence-electron chi connectivity index (χ1n) is 10.9. The van der Waals surface area contributed by atoms with Gasteiger partial charge in [-0.3, -0.25) is 0 Å². The number of H-pyrrole nitrogens is 1. The lowest BCUT2D eigenvalue weighted by atomic mass is 9.91. The monoisotopic (exact) mass is 404 g/mol. The van der Waals surface area contributed by atoms with Gasteiger partial charge in [-0.2, -0.15) is 5.26 Å². The number of aliphatic hydroxyl groups is 1. The summed E-state index contributed by atoms with van der Waals surface area (Å²) in [5.41, 5.74) is 5.52. The molecule has 1 unspecified atom stereocenters. The standard InChI is InChI=1S/C26H32N2O2/c1-5-12-30-26(6-2,10-11-29)24-16-22-14-21(18(3)4)15-23(25(22)28-24)20-9-7-8-19(13-20)17-27/h7-9,13-16,18,28-29H,5-6,10-12H2,1-4H3. The second-order valence-electron chi connectivity index (χ2n) is 8.23. The third-order valence-corrected chi connectivity index (χ3v) is 5.88. The lowest BCUT2D eigenvalue weighted by molar-refractivity contribution is -0.0706. The summed E-state index contributed by atoms with van der Waals surface area (Å²) in [6, 6.07) is 16.6. The third kappa shape index (κ3) is 4.28. The van der Waals surface area contributed by atoms with Crippen molar-refractivity contribution in [2.75, 3.05) is 13.2 Å². The van der Waals surface area contributed by atoms with Crippen molar-refractivity contribution < 1.29 is 9.84 Å². The first-order valence-corrected chi connectivity index (χ1v) is 10.9. The highest BCUT2D eigenvalue weighted by Gasteiger charge is 2.33. The van der Waals surface area contributed by atoms with Crippen molar-refractivity contribution >= 4 is 10.9 Å². The number of ether oxygens (including phenoxy) is 1. The summed E-state index contributed by atoms with van der Waals surface area (Å²) >= 11 is 0. The fourth-order valence-electron chi connectivity index (χ4n) is 4.06. The molecule has 0 fully saturated rings. The van der Waals surface area contributed by atoms with Crippen LogP contribution in [0.2, 0.25) is 0 Å². The quantitative estimate of drug-likeness (QED) is 0.443. The summed E-state index contributed by atoms with van der Waals surface area (Å²) in [7, 11) is 0. The number of rotatable bonds is 9. The normalized spacial score (nSPS) is 13.5. The summed E-state index contributed by atoms with van der Waals surface area (Å²) in [5.74, 6) is 0.385. The zero-order valence-corrected chi connectivity index (χ0v) is 18.5. The van der Waals surface area contributed by atoms with Gasteiger partial charge in [0.15, 0.2) is 0 Å². The molecule has 4 heteroatoms. The molecule has 0 saturated heterocycles. The summed E-state index contributed by atoms with van der Waals surface area (Å²) in [6.45, 7) is 9.31. The minimum atomic E-state index is -0.534. The maximum Gasteiger partial charge on any atom is 0.110 e. The number of fused-ring (bicyclic) bond motifs is 1. The van der Waals surface area contributed by atoms with E-state index in [9.17, 15) is 10.4 Å². The molecule has 1 atom stereocenters. The Morgan fingerprint density at radius 3 is 2.60 bits per heavy atom. The van der Waals surface area contributed by atoms with Crippen LogP contribution in [0.3, 0.4) is 0 Å². The van der Waals surface area contributed by atoms with Gasteiger partial charge in [-0.05, 0) is 60.2 Å². The molecule has 0 amide bonds. The van der Waals surface area contributed by atoms with Crippen LogP contribution in [-0.4, -0.2) is 23.3 Å². The molecule has 30 heavy (non-hydrogen) atoms. The van der Waals surface area contributed by atoms with Crippen LogP contribution >= 0.6 is 0 Å². The van der Waals surface area contributed by atoms with Crippen molar-refractivity contribution in [1.29, 1.82) is 5.26 Å². The van der Waals surface area contributed by atoms with E-state index in [1.165, 1.54) is 5.56 Å². The van der Waals surface area contributed by atoms with E-state index in [4.69, 9.17) is 4.74 Å². The molecule has 0 bridgehead atoms. The summed E-state index contributed by atoms with van der Waals surface area (Å²) in [5, 5.41) is 20.2. The molecule has 3 rings (SSSR count). The molecule has 1 heterocycles. The number of hydrogen-bond donors (Lipinski definition) is 2. The number of nitrogens with one attached hydrogen (secondary N) is 1. The minimum absolute atomic E-state index is 0.0707. The summed E-state index contributed by atoms with van der Waals surface area (Å²) < 4.78 is 6.31. The number of hydrogen-bond acceptors (Lipinski definition) is 3. The first-order chi connectivity index (χ1) is 14.5. The predicted octanol–water partition coefficient (Wildman–Crippen LogP) is 6.24. The smallest absolute Gasteiger partial charge is 0.110 e. The second kappa shape index (κ2) is 9.47. The largest absolute Gasteiger partial charge is 0.396 e. The lowest BCUT2D eigenvalue weighted by Gasteiger charge is -2.31. The third-order valence-electron chi connectivity index (χ3n) is 5.88. The number of aromatic amines is 1. The Hall–Kier alpha value is -2.61. The number of nitrogens with zero attached hydrogens (tertiary/aromatic N) is 1. The van der Waals surface area contributed by atoms with Crippen molar-refractivity contribution in [3.05, 3.63) is 59.3 Å². The van der Waals surface area contributed by atoms with Crippen LogP contribution in [0.4, 0.5) is 0 Å². The molecule has 0 spiro atoms. The van der Waals surface area contributed by atoms with E-state index < -0.39 is 5.60 Å². The molecule has 2 N–H and O–H groups in total. The zero-order valence-electron chi connectivity index (χ0n) is 18.5. The first kappa shape index (κ1) is 22.1. The SMILES string of the molecule is CCCOC(CC)(CCO)c1cc2cc(C(C)C)cc(-c3cccc(C#N)c3)c2[nH]1. The van der Waals surface area contributed by atoms with E-state index in [-0.39, 0.29) is 6.61 Å². The van der Waals surface area contributed by atoms with E-state index in [1.54, 1.807) is 0 Å². The van der Waals surface area contributed by atoms with Gasteiger partial charge in [-0.25, -0.2) is 0 Å². The fraction of sp³-hybridized carbons (Fsp3) is 0.423. The molecule has 0 aliphatic carbocycles. The van der Waals surface area contributed by atoms with Crippen LogP contribution < -0.4 is 0 Å². The van der Waals surface area contributed by atoms with Crippen molar-refractivity contribution in [2.45, 2.75) is 58.5 Å². The molecule has 0 aliphatic heterocycles. The molecule has 2 aromatic carbocycles. The van der Waals surface area contributed by atoms with Crippen molar-refractivity contribution in [3.8, 4) is 17.2 Å². The lowest BCUT2D eigenvalue weighted by Crippen LogP contribution is -2.31. The van der Waals surface area contributed by atoms with Crippen molar-refractivity contribution in [1.82, 2.24) is 4.98 Å². The molecule has 0 radical (unpaired) electrons. The van der Waals surface area contributed by atoms with Crippen LogP contribution in [0.5, 0.6) is 0 Å². The van der Waals surface area contributed by atoms with Gasteiger partial charge < -0.3 is 14.8 Å². The molecule has 3 aromatic rings. The van der Waals surface area contributed by atoms with E-state index in [2.05, 4.69) is 63.0 Å². The van der Waals surface area contributed by atoms with Crippen molar-refractivity contribution in [3.63, 3.8) is 0 Å². The van der Waals surface area contributed by atoms with Gasteiger partial charge >= 0.3 is 0 Å². The van der Waals surface area contributed by atoms with Gasteiger partial charge in [0.2, 0.25) is 0 Å². The van der Waals surface area contributed by atoms with Crippen LogP contribution in [-0.2, 0) is 10.3 Å².